The average Bonchev–Trinajstić information content (AvgIpc) is 2.34. The van der Waals surface area contributed by atoms with Crippen molar-refractivity contribution in [2.75, 3.05) is 30.3 Å². The van der Waals surface area contributed by atoms with Crippen molar-refractivity contribution in [2.45, 2.75) is 25.9 Å². The minimum atomic E-state index is -0.210. The highest BCUT2D eigenvalue weighted by atomic mass is 127. The van der Waals surface area contributed by atoms with Crippen molar-refractivity contribution >= 4 is 34.0 Å². The standard InChI is InChI=1S/C13H18FIN2O/c1-2-18-9-4-3-5-17(8-9)13-6-10(14)11(15)7-12(13)16/h6-7,9H,2-5,8,16H2,1H3. The van der Waals surface area contributed by atoms with E-state index in [1.165, 1.54) is 6.07 Å². The maximum absolute atomic E-state index is 13.6. The summed E-state index contributed by atoms with van der Waals surface area (Å²) >= 11 is 1.96. The fourth-order valence-corrected chi connectivity index (χ4v) is 2.85. The zero-order valence-electron chi connectivity index (χ0n) is 10.5. The molecule has 1 aliphatic heterocycles. The van der Waals surface area contributed by atoms with E-state index in [0.29, 0.717) is 9.26 Å². The monoisotopic (exact) mass is 364 g/mol. The van der Waals surface area contributed by atoms with E-state index in [1.54, 1.807) is 6.07 Å². The number of nitrogens with two attached hydrogens (primary N) is 1. The van der Waals surface area contributed by atoms with Crippen molar-refractivity contribution in [2.24, 2.45) is 0 Å². The van der Waals surface area contributed by atoms with Crippen molar-refractivity contribution in [3.05, 3.63) is 21.5 Å². The van der Waals surface area contributed by atoms with Gasteiger partial charge in [-0.15, -0.1) is 0 Å². The predicted molar refractivity (Wildman–Crippen MR) is 80.4 cm³/mol. The van der Waals surface area contributed by atoms with Gasteiger partial charge in [0.05, 0.1) is 21.0 Å². The summed E-state index contributed by atoms with van der Waals surface area (Å²) in [5.41, 5.74) is 7.41. The Hall–Kier alpha value is -0.560. The highest BCUT2D eigenvalue weighted by Crippen LogP contribution is 2.30. The number of hydrogen-bond donors (Lipinski definition) is 1. The third kappa shape index (κ3) is 3.06. The zero-order valence-corrected chi connectivity index (χ0v) is 12.6. The first kappa shape index (κ1) is 13.9. The summed E-state index contributed by atoms with van der Waals surface area (Å²) < 4.78 is 19.9. The molecule has 5 heteroatoms. The van der Waals surface area contributed by atoms with Crippen LogP contribution in [0.15, 0.2) is 12.1 Å². The van der Waals surface area contributed by atoms with E-state index in [9.17, 15) is 4.39 Å². The van der Waals surface area contributed by atoms with E-state index in [0.717, 1.165) is 38.2 Å². The quantitative estimate of drug-likeness (QED) is 0.662. The SMILES string of the molecule is CCOC1CCCN(c2cc(F)c(I)cc2N)C1. The average molecular weight is 364 g/mol. The van der Waals surface area contributed by atoms with Gasteiger partial charge in [0.2, 0.25) is 0 Å². The van der Waals surface area contributed by atoms with Gasteiger partial charge in [-0.1, -0.05) is 0 Å². The third-order valence-electron chi connectivity index (χ3n) is 3.19. The normalized spacial score (nSPS) is 20.2. The molecule has 1 aromatic carbocycles. The van der Waals surface area contributed by atoms with E-state index in [-0.39, 0.29) is 11.9 Å². The smallest absolute Gasteiger partial charge is 0.138 e. The molecule has 0 radical (unpaired) electrons. The summed E-state index contributed by atoms with van der Waals surface area (Å²) in [6.45, 7) is 4.42. The molecule has 100 valence electrons. The number of nitrogens with zero attached hydrogens (tertiary/aromatic N) is 1. The van der Waals surface area contributed by atoms with E-state index in [1.807, 2.05) is 29.5 Å². The van der Waals surface area contributed by atoms with E-state index in [2.05, 4.69) is 4.90 Å². The van der Waals surface area contributed by atoms with E-state index in [4.69, 9.17) is 10.5 Å². The second kappa shape index (κ2) is 6.06. The predicted octanol–water partition coefficient (Wildman–Crippen LogP) is 3.02. The molecule has 1 unspecified atom stereocenters. The molecule has 0 amide bonds. The summed E-state index contributed by atoms with van der Waals surface area (Å²) in [7, 11) is 0. The Labute approximate surface area is 121 Å². The van der Waals surface area contributed by atoms with Crippen molar-refractivity contribution in [1.82, 2.24) is 0 Å². The number of ether oxygens (including phenoxy) is 1. The van der Waals surface area contributed by atoms with Crippen LogP contribution in [0, 0.1) is 9.39 Å². The molecule has 1 aliphatic rings. The molecule has 1 fully saturated rings. The molecule has 0 aliphatic carbocycles. The lowest BCUT2D eigenvalue weighted by Crippen LogP contribution is -2.40. The summed E-state index contributed by atoms with van der Waals surface area (Å²) in [6, 6.07) is 3.22. The van der Waals surface area contributed by atoms with E-state index >= 15 is 0 Å². The number of anilines is 2. The Morgan fingerprint density at radius 3 is 3.06 bits per heavy atom. The molecule has 18 heavy (non-hydrogen) atoms. The number of piperidine rings is 1. The second-order valence-corrected chi connectivity index (χ2v) is 5.65. The molecular weight excluding hydrogens is 346 g/mol. The minimum absolute atomic E-state index is 0.210. The molecule has 1 saturated heterocycles. The third-order valence-corrected chi connectivity index (χ3v) is 4.02. The van der Waals surface area contributed by atoms with Crippen LogP contribution in [0.25, 0.3) is 0 Å². The Morgan fingerprint density at radius 1 is 1.56 bits per heavy atom. The van der Waals surface area contributed by atoms with Gasteiger partial charge >= 0.3 is 0 Å². The van der Waals surface area contributed by atoms with Crippen LogP contribution < -0.4 is 10.6 Å². The van der Waals surface area contributed by atoms with Crippen molar-refractivity contribution in [3.63, 3.8) is 0 Å². The summed E-state index contributed by atoms with van der Waals surface area (Å²) in [4.78, 5) is 2.12. The van der Waals surface area contributed by atoms with Crippen LogP contribution in [0.2, 0.25) is 0 Å². The maximum Gasteiger partial charge on any atom is 0.138 e. The van der Waals surface area contributed by atoms with Crippen LogP contribution in [0.4, 0.5) is 15.8 Å². The summed E-state index contributed by atoms with van der Waals surface area (Å²) in [5.74, 6) is -0.210. The molecule has 0 saturated carbocycles. The minimum Gasteiger partial charge on any atom is -0.397 e. The molecule has 1 aromatic rings. The van der Waals surface area contributed by atoms with Gasteiger partial charge in [0.1, 0.15) is 5.82 Å². The molecule has 2 rings (SSSR count). The van der Waals surface area contributed by atoms with Crippen LogP contribution in [0.3, 0.4) is 0 Å². The van der Waals surface area contributed by atoms with Crippen molar-refractivity contribution in [3.8, 4) is 0 Å². The van der Waals surface area contributed by atoms with Gasteiger partial charge in [0.15, 0.2) is 0 Å². The van der Waals surface area contributed by atoms with Gasteiger partial charge < -0.3 is 15.4 Å². The fraction of sp³-hybridized carbons (Fsp3) is 0.538. The van der Waals surface area contributed by atoms with Gasteiger partial charge in [-0.3, -0.25) is 0 Å². The molecule has 0 spiro atoms. The van der Waals surface area contributed by atoms with Crippen LogP contribution in [0.5, 0.6) is 0 Å². The highest BCUT2D eigenvalue weighted by molar-refractivity contribution is 14.1. The van der Waals surface area contributed by atoms with Crippen LogP contribution in [-0.2, 0) is 4.74 Å². The van der Waals surface area contributed by atoms with Crippen LogP contribution in [0.1, 0.15) is 19.8 Å². The number of hydrogen-bond acceptors (Lipinski definition) is 3. The molecule has 0 aromatic heterocycles. The molecule has 1 heterocycles. The lowest BCUT2D eigenvalue weighted by molar-refractivity contribution is 0.0527. The Morgan fingerprint density at radius 2 is 2.33 bits per heavy atom. The fourth-order valence-electron chi connectivity index (χ4n) is 2.35. The number of benzene rings is 1. The lowest BCUT2D eigenvalue weighted by Gasteiger charge is -2.34. The first-order valence-corrected chi connectivity index (χ1v) is 7.30. The maximum atomic E-state index is 13.6. The van der Waals surface area contributed by atoms with Gasteiger partial charge in [-0.05, 0) is 48.4 Å². The Kier molecular flexibility index (Phi) is 4.66. The van der Waals surface area contributed by atoms with Gasteiger partial charge in [0, 0.05) is 25.8 Å². The van der Waals surface area contributed by atoms with Gasteiger partial charge in [-0.25, -0.2) is 4.39 Å². The number of rotatable bonds is 3. The lowest BCUT2D eigenvalue weighted by atomic mass is 10.1. The first-order chi connectivity index (χ1) is 8.61. The number of nitrogen functional groups attached to an aromatic ring is 1. The van der Waals surface area contributed by atoms with Crippen LogP contribution in [-0.4, -0.2) is 25.8 Å². The zero-order chi connectivity index (χ0) is 13.1. The highest BCUT2D eigenvalue weighted by Gasteiger charge is 2.22. The van der Waals surface area contributed by atoms with E-state index < -0.39 is 0 Å². The van der Waals surface area contributed by atoms with Gasteiger partial charge in [0.25, 0.3) is 0 Å². The largest absolute Gasteiger partial charge is 0.397 e. The summed E-state index contributed by atoms with van der Waals surface area (Å²) in [6.07, 6.45) is 2.35. The van der Waals surface area contributed by atoms with Crippen LogP contribution >= 0.6 is 22.6 Å². The topological polar surface area (TPSA) is 38.5 Å². The Balaban J connectivity index is 2.18. The van der Waals surface area contributed by atoms with Gasteiger partial charge in [-0.2, -0.15) is 0 Å². The van der Waals surface area contributed by atoms with Crippen molar-refractivity contribution < 1.29 is 9.13 Å². The second-order valence-electron chi connectivity index (χ2n) is 4.49. The molecular formula is C13H18FIN2O. The summed E-state index contributed by atoms with van der Waals surface area (Å²) in [5, 5.41) is 0. The molecule has 0 bridgehead atoms. The molecule has 1 atom stereocenters. The molecule has 3 nitrogen and oxygen atoms in total. The molecule has 2 N–H and O–H groups in total. The first-order valence-electron chi connectivity index (χ1n) is 6.23. The Bertz CT molecular complexity index is 426. The van der Waals surface area contributed by atoms with Crippen molar-refractivity contribution in [1.29, 1.82) is 0 Å². The number of halogens is 2.